The molecule has 0 unspecified atom stereocenters. The minimum Gasteiger partial charge on any atom is -0.396 e. The first kappa shape index (κ1) is 10.8. The molecule has 1 aromatic rings. The molecule has 1 rings (SSSR count). The lowest BCUT2D eigenvalue weighted by Gasteiger charge is -2.04. The smallest absolute Gasteiger partial charge is 0.128 e. The summed E-state index contributed by atoms with van der Waals surface area (Å²) in [5, 5.41) is 8.98. The molecule has 13 heavy (non-hydrogen) atoms. The summed E-state index contributed by atoms with van der Waals surface area (Å²) in [4.78, 5) is 0. The molecule has 1 aromatic carbocycles. The molecule has 0 aliphatic heterocycles. The Morgan fingerprint density at radius 2 is 2.23 bits per heavy atom. The van der Waals surface area contributed by atoms with Crippen LogP contribution in [0.5, 0.6) is 0 Å². The second kappa shape index (κ2) is 5.47. The number of thioether (sulfide) groups is 1. The number of hydrogen-bond acceptors (Lipinski definition) is 2. The third-order valence-electron chi connectivity index (χ3n) is 1.54. The minimum atomic E-state index is -0.280. The Kier molecular flexibility index (Phi) is 4.56. The maximum Gasteiger partial charge on any atom is 0.128 e. The maximum absolute atomic E-state index is 13.1. The molecule has 72 valence electrons. The van der Waals surface area contributed by atoms with Gasteiger partial charge in [-0.25, -0.2) is 4.39 Å². The predicted octanol–water partition coefficient (Wildman–Crippen LogP) is 2.70. The number of hydrogen-bond donors (Lipinski definition) is 1. The summed E-state index contributed by atoms with van der Waals surface area (Å²) in [5.74, 6) is 0.828. The highest BCUT2D eigenvalue weighted by atomic mass is 35.5. The van der Waals surface area contributed by atoms with Gasteiger partial charge in [0.25, 0.3) is 0 Å². The second-order valence-corrected chi connectivity index (χ2v) is 3.99. The van der Waals surface area contributed by atoms with Crippen LogP contribution >= 0.6 is 23.4 Å². The summed E-state index contributed by atoms with van der Waals surface area (Å²) in [7, 11) is 0. The van der Waals surface area contributed by atoms with E-state index < -0.39 is 0 Å². The van der Waals surface area contributed by atoms with E-state index in [1.54, 1.807) is 12.1 Å². The molecule has 0 radical (unpaired) electrons. The van der Waals surface area contributed by atoms with Crippen molar-refractivity contribution in [2.24, 2.45) is 0 Å². The van der Waals surface area contributed by atoms with E-state index >= 15 is 0 Å². The molecule has 0 fully saturated rings. The van der Waals surface area contributed by atoms with E-state index in [0.717, 1.165) is 0 Å². The van der Waals surface area contributed by atoms with Crippen molar-refractivity contribution >= 4 is 23.4 Å². The molecule has 1 N–H and O–H groups in total. The van der Waals surface area contributed by atoms with Gasteiger partial charge in [0.2, 0.25) is 0 Å². The van der Waals surface area contributed by atoms with Gasteiger partial charge in [0.05, 0.1) is 6.61 Å². The molecule has 0 spiro atoms. The van der Waals surface area contributed by atoms with Gasteiger partial charge in [0.15, 0.2) is 0 Å². The van der Waals surface area contributed by atoms with Crippen LogP contribution in [0.4, 0.5) is 4.39 Å². The van der Waals surface area contributed by atoms with Crippen LogP contribution in [-0.2, 0) is 5.75 Å². The Morgan fingerprint density at radius 1 is 1.46 bits per heavy atom. The van der Waals surface area contributed by atoms with Crippen molar-refractivity contribution in [2.45, 2.75) is 5.75 Å². The quantitative estimate of drug-likeness (QED) is 0.788. The third-order valence-corrected chi connectivity index (χ3v) is 2.86. The van der Waals surface area contributed by atoms with Crippen molar-refractivity contribution in [1.82, 2.24) is 0 Å². The fourth-order valence-electron chi connectivity index (χ4n) is 0.909. The summed E-state index contributed by atoms with van der Waals surface area (Å²) in [6, 6.07) is 4.64. The normalized spacial score (nSPS) is 10.4. The molecule has 0 saturated carbocycles. The fraction of sp³-hybridized carbons (Fsp3) is 0.333. The second-order valence-electron chi connectivity index (χ2n) is 2.48. The molecule has 0 saturated heterocycles. The van der Waals surface area contributed by atoms with Gasteiger partial charge in [-0.2, -0.15) is 11.8 Å². The third kappa shape index (κ3) is 3.18. The van der Waals surface area contributed by atoms with Crippen molar-refractivity contribution in [2.75, 3.05) is 12.4 Å². The first-order chi connectivity index (χ1) is 6.25. The van der Waals surface area contributed by atoms with Crippen LogP contribution in [0.3, 0.4) is 0 Å². The highest BCUT2D eigenvalue weighted by Crippen LogP contribution is 2.23. The van der Waals surface area contributed by atoms with Gasteiger partial charge in [0, 0.05) is 22.1 Å². The minimum absolute atomic E-state index is 0.108. The van der Waals surface area contributed by atoms with Gasteiger partial charge in [-0.3, -0.25) is 0 Å². The van der Waals surface area contributed by atoms with E-state index in [1.807, 2.05) is 0 Å². The Morgan fingerprint density at radius 3 is 2.85 bits per heavy atom. The Bertz CT molecular complexity index is 260. The number of aliphatic hydroxyl groups excluding tert-OH is 1. The van der Waals surface area contributed by atoms with Crippen LogP contribution in [0.1, 0.15) is 5.56 Å². The molecule has 0 aliphatic carbocycles. The van der Waals surface area contributed by atoms with Crippen LogP contribution in [0.15, 0.2) is 18.2 Å². The summed E-state index contributed by atoms with van der Waals surface area (Å²) in [6.07, 6.45) is 0. The molecule has 0 aromatic heterocycles. The molecule has 1 nitrogen and oxygen atoms in total. The first-order valence-electron chi connectivity index (χ1n) is 3.87. The summed E-state index contributed by atoms with van der Waals surface area (Å²) < 4.78 is 13.1. The molecular weight excluding hydrogens is 211 g/mol. The predicted molar refractivity (Wildman–Crippen MR) is 54.7 cm³/mol. The molecular formula is C9H10ClFOS. The average Bonchev–Trinajstić information content (AvgIpc) is 2.10. The average molecular weight is 221 g/mol. The lowest BCUT2D eigenvalue weighted by atomic mass is 10.2. The SMILES string of the molecule is OCCSCc1c(F)cccc1Cl. The van der Waals surface area contributed by atoms with Crippen LogP contribution < -0.4 is 0 Å². The molecule has 4 heteroatoms. The lowest BCUT2D eigenvalue weighted by molar-refractivity contribution is 0.322. The molecule has 0 atom stereocenters. The first-order valence-corrected chi connectivity index (χ1v) is 5.40. The molecule has 0 amide bonds. The summed E-state index contributed by atoms with van der Waals surface area (Å²) >= 11 is 7.25. The zero-order valence-corrected chi connectivity index (χ0v) is 8.54. The van der Waals surface area contributed by atoms with E-state index in [4.69, 9.17) is 16.7 Å². The van der Waals surface area contributed by atoms with E-state index in [2.05, 4.69) is 0 Å². The van der Waals surface area contributed by atoms with Crippen molar-refractivity contribution in [1.29, 1.82) is 0 Å². The monoisotopic (exact) mass is 220 g/mol. The number of halogens is 2. The van der Waals surface area contributed by atoms with E-state index in [0.29, 0.717) is 22.1 Å². The maximum atomic E-state index is 13.1. The topological polar surface area (TPSA) is 20.2 Å². The zero-order valence-electron chi connectivity index (χ0n) is 6.96. The Hall–Kier alpha value is -0.250. The molecule has 0 aliphatic rings. The van der Waals surface area contributed by atoms with Gasteiger partial charge in [-0.1, -0.05) is 17.7 Å². The van der Waals surface area contributed by atoms with Gasteiger partial charge >= 0.3 is 0 Å². The highest BCUT2D eigenvalue weighted by molar-refractivity contribution is 7.98. The van der Waals surface area contributed by atoms with E-state index in [9.17, 15) is 4.39 Å². The van der Waals surface area contributed by atoms with Crippen molar-refractivity contribution in [3.05, 3.63) is 34.6 Å². The zero-order chi connectivity index (χ0) is 9.68. The van der Waals surface area contributed by atoms with Gasteiger partial charge in [-0.05, 0) is 12.1 Å². The largest absolute Gasteiger partial charge is 0.396 e. The molecule has 0 bridgehead atoms. The Balaban J connectivity index is 2.64. The van der Waals surface area contributed by atoms with Crippen LogP contribution in [0.2, 0.25) is 5.02 Å². The number of benzene rings is 1. The van der Waals surface area contributed by atoms with E-state index in [1.165, 1.54) is 17.8 Å². The summed E-state index contributed by atoms with van der Waals surface area (Å²) in [5.41, 5.74) is 0.516. The Labute approximate surface area is 85.9 Å². The van der Waals surface area contributed by atoms with Gasteiger partial charge in [0.1, 0.15) is 5.82 Å². The fourth-order valence-corrected chi connectivity index (χ4v) is 1.99. The van der Waals surface area contributed by atoms with Gasteiger partial charge < -0.3 is 5.11 Å². The lowest BCUT2D eigenvalue weighted by Crippen LogP contribution is -1.92. The van der Waals surface area contributed by atoms with Crippen molar-refractivity contribution < 1.29 is 9.50 Å². The molecule has 0 heterocycles. The highest BCUT2D eigenvalue weighted by Gasteiger charge is 2.05. The van der Waals surface area contributed by atoms with E-state index in [-0.39, 0.29) is 12.4 Å². The van der Waals surface area contributed by atoms with Crippen LogP contribution in [0, 0.1) is 5.82 Å². The van der Waals surface area contributed by atoms with Crippen LogP contribution in [0.25, 0.3) is 0 Å². The van der Waals surface area contributed by atoms with Crippen molar-refractivity contribution in [3.63, 3.8) is 0 Å². The van der Waals surface area contributed by atoms with Crippen LogP contribution in [-0.4, -0.2) is 17.5 Å². The standard InChI is InChI=1S/C9H10ClFOS/c10-8-2-1-3-9(11)7(8)6-13-5-4-12/h1-3,12H,4-6H2. The number of aliphatic hydroxyl groups is 1. The van der Waals surface area contributed by atoms with Gasteiger partial charge in [-0.15, -0.1) is 0 Å². The summed E-state index contributed by atoms with van der Waals surface area (Å²) in [6.45, 7) is 0.108. The van der Waals surface area contributed by atoms with Crippen molar-refractivity contribution in [3.8, 4) is 0 Å². The number of rotatable bonds is 4.